The van der Waals surface area contributed by atoms with Crippen LogP contribution in [0.25, 0.3) is 5.69 Å². The molecule has 10 nitrogen and oxygen atoms in total. The molecule has 0 spiro atoms. The maximum absolute atomic E-state index is 12.9. The van der Waals surface area contributed by atoms with Crippen LogP contribution in [-0.2, 0) is 10.0 Å². The molecule has 0 atom stereocenters. The normalized spacial score (nSPS) is 16.9. The fraction of sp³-hybridized carbons (Fsp3) is 0.333. The molecule has 2 aliphatic rings. The lowest BCUT2D eigenvalue weighted by molar-refractivity contribution is 0.0746. The molecule has 5 rings (SSSR count). The van der Waals surface area contributed by atoms with Crippen molar-refractivity contribution in [3.05, 3.63) is 60.2 Å². The molecule has 2 fully saturated rings. The van der Waals surface area contributed by atoms with Gasteiger partial charge in [-0.25, -0.2) is 13.1 Å². The summed E-state index contributed by atoms with van der Waals surface area (Å²) in [6.07, 6.45) is 1.75. The molecule has 1 saturated heterocycles. The van der Waals surface area contributed by atoms with Crippen molar-refractivity contribution in [1.29, 1.82) is 0 Å². The zero-order chi connectivity index (χ0) is 22.1. The molecule has 0 unspecified atom stereocenters. The number of rotatable bonds is 6. The predicted molar refractivity (Wildman–Crippen MR) is 117 cm³/mol. The third kappa shape index (κ3) is 4.21. The Kier molecular flexibility index (Phi) is 5.35. The van der Waals surface area contributed by atoms with Gasteiger partial charge in [-0.05, 0) is 59.7 Å². The van der Waals surface area contributed by atoms with Crippen LogP contribution in [0.15, 0.2) is 59.5 Å². The van der Waals surface area contributed by atoms with Gasteiger partial charge in [-0.15, -0.1) is 0 Å². The number of nitrogens with one attached hydrogen (secondary N) is 1. The number of carbonyl (C=O) groups excluding carboxylic acids is 1. The van der Waals surface area contributed by atoms with Gasteiger partial charge in [-0.1, -0.05) is 23.3 Å². The number of aromatic nitrogens is 4. The topological polar surface area (TPSA) is 113 Å². The highest BCUT2D eigenvalue weighted by Crippen LogP contribution is 2.23. The number of anilines is 1. The van der Waals surface area contributed by atoms with E-state index >= 15 is 0 Å². The van der Waals surface area contributed by atoms with Gasteiger partial charge in [0.2, 0.25) is 16.0 Å². The van der Waals surface area contributed by atoms with E-state index in [1.54, 1.807) is 21.7 Å². The number of piperazine rings is 1. The van der Waals surface area contributed by atoms with Gasteiger partial charge < -0.3 is 9.80 Å². The quantitative estimate of drug-likeness (QED) is 0.594. The number of amides is 1. The van der Waals surface area contributed by atoms with Crippen molar-refractivity contribution >= 4 is 21.9 Å². The summed E-state index contributed by atoms with van der Waals surface area (Å²) in [5.74, 6) is 0.521. The Morgan fingerprint density at radius 2 is 1.62 bits per heavy atom. The maximum atomic E-state index is 12.9. The molecule has 1 aliphatic carbocycles. The van der Waals surface area contributed by atoms with Crippen molar-refractivity contribution in [3.8, 4) is 5.69 Å². The lowest BCUT2D eigenvalue weighted by atomic mass is 10.2. The Labute approximate surface area is 185 Å². The minimum absolute atomic E-state index is 0.0421. The van der Waals surface area contributed by atoms with E-state index in [1.165, 1.54) is 12.1 Å². The molecule has 3 aromatic rings. The van der Waals surface area contributed by atoms with Gasteiger partial charge in [0.25, 0.3) is 5.91 Å². The van der Waals surface area contributed by atoms with Crippen molar-refractivity contribution in [3.63, 3.8) is 0 Å². The first-order valence-electron chi connectivity index (χ1n) is 10.5. The monoisotopic (exact) mass is 453 g/mol. The van der Waals surface area contributed by atoms with Crippen LogP contribution in [0, 0.1) is 0 Å². The Bertz CT molecular complexity index is 1200. The average molecular weight is 454 g/mol. The van der Waals surface area contributed by atoms with Gasteiger partial charge in [-0.2, -0.15) is 4.68 Å². The highest BCUT2D eigenvalue weighted by atomic mass is 32.2. The van der Waals surface area contributed by atoms with Crippen LogP contribution in [0.3, 0.4) is 0 Å². The number of para-hydroxylation sites is 1. The summed E-state index contributed by atoms with van der Waals surface area (Å²) in [4.78, 5) is 16.9. The van der Waals surface area contributed by atoms with Crippen LogP contribution in [0.2, 0.25) is 0 Å². The van der Waals surface area contributed by atoms with E-state index in [0.717, 1.165) is 18.5 Å². The molecule has 2 heterocycles. The summed E-state index contributed by atoms with van der Waals surface area (Å²) in [7, 11) is -3.53. The van der Waals surface area contributed by atoms with Gasteiger partial charge in [0.05, 0.1) is 10.6 Å². The Morgan fingerprint density at radius 1 is 0.938 bits per heavy atom. The number of tetrazole rings is 1. The summed E-state index contributed by atoms with van der Waals surface area (Å²) >= 11 is 0. The molecule has 0 radical (unpaired) electrons. The average Bonchev–Trinajstić information content (AvgIpc) is 3.49. The molecule has 2 aromatic carbocycles. The fourth-order valence-corrected chi connectivity index (χ4v) is 4.98. The van der Waals surface area contributed by atoms with E-state index in [4.69, 9.17) is 0 Å². The number of carbonyl (C=O) groups is 1. The first-order valence-corrected chi connectivity index (χ1v) is 12.0. The molecule has 11 heteroatoms. The molecular weight excluding hydrogens is 430 g/mol. The fourth-order valence-electron chi connectivity index (χ4n) is 3.67. The molecule has 1 N–H and O–H groups in total. The van der Waals surface area contributed by atoms with E-state index in [2.05, 4.69) is 25.1 Å². The molecular formula is C21H23N7O3S. The standard InChI is InChI=1S/C21H23N7O3S/c29-20(16-6-10-19(11-7-16)32(30,31)23-17-8-9-17)26-12-14-27(15-13-26)21-22-24-25-28(21)18-4-2-1-3-5-18/h1-7,10-11,17,23H,8-9,12-15H2. The van der Waals surface area contributed by atoms with E-state index in [9.17, 15) is 13.2 Å². The lowest BCUT2D eigenvalue weighted by Gasteiger charge is -2.34. The number of hydrogen-bond donors (Lipinski definition) is 1. The van der Waals surface area contributed by atoms with Crippen LogP contribution >= 0.6 is 0 Å². The third-order valence-electron chi connectivity index (χ3n) is 5.61. The summed E-state index contributed by atoms with van der Waals surface area (Å²) in [6, 6.07) is 15.8. The summed E-state index contributed by atoms with van der Waals surface area (Å²) < 4.78 is 29.0. The van der Waals surface area contributed by atoms with Crippen molar-refractivity contribution in [2.75, 3.05) is 31.1 Å². The minimum atomic E-state index is -3.53. The molecule has 166 valence electrons. The first-order chi connectivity index (χ1) is 15.5. The zero-order valence-electron chi connectivity index (χ0n) is 17.3. The van der Waals surface area contributed by atoms with Crippen molar-refractivity contribution in [1.82, 2.24) is 29.8 Å². The van der Waals surface area contributed by atoms with Crippen LogP contribution in [0.4, 0.5) is 5.95 Å². The number of hydrogen-bond acceptors (Lipinski definition) is 7. The van der Waals surface area contributed by atoms with Crippen LogP contribution in [0.5, 0.6) is 0 Å². The highest BCUT2D eigenvalue weighted by Gasteiger charge is 2.29. The van der Waals surface area contributed by atoms with Gasteiger partial charge in [-0.3, -0.25) is 4.79 Å². The SMILES string of the molecule is O=C(c1ccc(S(=O)(=O)NC2CC2)cc1)N1CCN(c2nnnn2-c2ccccc2)CC1. The minimum Gasteiger partial charge on any atom is -0.336 e. The molecule has 1 amide bonds. The molecule has 1 saturated carbocycles. The smallest absolute Gasteiger partial charge is 0.253 e. The molecule has 1 aromatic heterocycles. The molecule has 1 aliphatic heterocycles. The molecule has 0 bridgehead atoms. The van der Waals surface area contributed by atoms with E-state index in [1.807, 2.05) is 30.3 Å². The lowest BCUT2D eigenvalue weighted by Crippen LogP contribution is -2.49. The Morgan fingerprint density at radius 3 is 2.28 bits per heavy atom. The largest absolute Gasteiger partial charge is 0.336 e. The second-order valence-electron chi connectivity index (χ2n) is 7.93. The predicted octanol–water partition coefficient (Wildman–Crippen LogP) is 1.07. The van der Waals surface area contributed by atoms with E-state index in [-0.39, 0.29) is 16.8 Å². The van der Waals surface area contributed by atoms with E-state index in [0.29, 0.717) is 37.7 Å². The van der Waals surface area contributed by atoms with E-state index < -0.39 is 10.0 Å². The van der Waals surface area contributed by atoms with Gasteiger partial charge in [0, 0.05) is 37.8 Å². The van der Waals surface area contributed by atoms with Gasteiger partial charge in [0.15, 0.2) is 0 Å². The van der Waals surface area contributed by atoms with Crippen molar-refractivity contribution < 1.29 is 13.2 Å². The number of sulfonamides is 1. The highest BCUT2D eigenvalue weighted by molar-refractivity contribution is 7.89. The summed E-state index contributed by atoms with van der Waals surface area (Å²) in [6.45, 7) is 2.22. The zero-order valence-corrected chi connectivity index (χ0v) is 18.1. The van der Waals surface area contributed by atoms with Gasteiger partial charge in [0.1, 0.15) is 0 Å². The Hall–Kier alpha value is -3.31. The van der Waals surface area contributed by atoms with Gasteiger partial charge >= 0.3 is 0 Å². The van der Waals surface area contributed by atoms with Crippen molar-refractivity contribution in [2.24, 2.45) is 0 Å². The molecule has 32 heavy (non-hydrogen) atoms. The number of nitrogens with zero attached hydrogens (tertiary/aromatic N) is 6. The second-order valence-corrected chi connectivity index (χ2v) is 9.64. The van der Waals surface area contributed by atoms with Crippen molar-refractivity contribution in [2.45, 2.75) is 23.8 Å². The first kappa shape index (κ1) is 20.6. The number of benzene rings is 2. The third-order valence-corrected chi connectivity index (χ3v) is 7.15. The van der Waals surface area contributed by atoms with Crippen LogP contribution < -0.4 is 9.62 Å². The second kappa shape index (κ2) is 8.32. The van der Waals surface area contributed by atoms with Crippen LogP contribution in [0.1, 0.15) is 23.2 Å². The maximum Gasteiger partial charge on any atom is 0.253 e. The summed E-state index contributed by atoms with van der Waals surface area (Å²) in [5, 5.41) is 12.1. The van der Waals surface area contributed by atoms with Crippen LogP contribution in [-0.4, -0.2) is 71.7 Å². The summed E-state index contributed by atoms with van der Waals surface area (Å²) in [5.41, 5.74) is 1.34. The Balaban J connectivity index is 1.23.